The van der Waals surface area contributed by atoms with Crippen LogP contribution in [0.25, 0.3) is 20.4 Å². The van der Waals surface area contributed by atoms with E-state index in [4.69, 9.17) is 5.73 Å². The van der Waals surface area contributed by atoms with Gasteiger partial charge in [0, 0.05) is 11.1 Å². The average Bonchev–Trinajstić information content (AvgIpc) is 2.66. The van der Waals surface area contributed by atoms with Crippen molar-refractivity contribution >= 4 is 37.6 Å². The second-order valence-electron chi connectivity index (χ2n) is 3.22. The monoisotopic (exact) mass is 204 g/mol. The molecule has 0 fully saturated rings. The molecular formula is C9H8N4S. The maximum absolute atomic E-state index is 5.72. The molecule has 4 nitrogen and oxygen atoms in total. The molecule has 3 N–H and O–H groups in total. The molecule has 3 rings (SSSR count). The highest BCUT2D eigenvalue weighted by Gasteiger charge is 2.10. The number of pyridine rings is 1. The van der Waals surface area contributed by atoms with E-state index >= 15 is 0 Å². The van der Waals surface area contributed by atoms with Gasteiger partial charge in [0.2, 0.25) is 0 Å². The summed E-state index contributed by atoms with van der Waals surface area (Å²) in [4.78, 5) is 5.46. The standard InChI is InChI=1S/C9H8N4S/c1-4-2-3-5-6-7(8(10)13-12-6)14-9(5)11-4/h2-3H,1H3,(H3,10,12,13). The van der Waals surface area contributed by atoms with E-state index in [1.54, 1.807) is 11.3 Å². The Morgan fingerprint density at radius 1 is 1.43 bits per heavy atom. The van der Waals surface area contributed by atoms with Crippen molar-refractivity contribution < 1.29 is 0 Å². The molecule has 0 amide bonds. The number of nitrogens with zero attached hydrogens (tertiary/aromatic N) is 2. The molecule has 14 heavy (non-hydrogen) atoms. The number of aryl methyl sites for hydroxylation is 1. The second kappa shape index (κ2) is 2.45. The SMILES string of the molecule is Cc1ccc2c(n1)sc1c(N)n[nH]c12. The van der Waals surface area contributed by atoms with Gasteiger partial charge in [-0.3, -0.25) is 5.10 Å². The second-order valence-corrected chi connectivity index (χ2v) is 4.22. The molecule has 3 heterocycles. The maximum atomic E-state index is 5.72. The summed E-state index contributed by atoms with van der Waals surface area (Å²) in [5, 5.41) is 7.99. The number of fused-ring (bicyclic) bond motifs is 3. The molecule has 0 bridgehead atoms. The van der Waals surface area contributed by atoms with Gasteiger partial charge in [-0.05, 0) is 19.1 Å². The number of anilines is 1. The van der Waals surface area contributed by atoms with Gasteiger partial charge in [-0.2, -0.15) is 5.10 Å². The maximum Gasteiger partial charge on any atom is 0.163 e. The molecule has 0 aliphatic rings. The lowest BCUT2D eigenvalue weighted by Gasteiger charge is -1.90. The fraction of sp³-hybridized carbons (Fsp3) is 0.111. The highest BCUT2D eigenvalue weighted by molar-refractivity contribution is 7.25. The van der Waals surface area contributed by atoms with Crippen LogP contribution in [0.1, 0.15) is 5.69 Å². The van der Waals surface area contributed by atoms with Gasteiger partial charge >= 0.3 is 0 Å². The lowest BCUT2D eigenvalue weighted by atomic mass is 10.3. The number of nitrogens with one attached hydrogen (secondary N) is 1. The summed E-state index contributed by atoms with van der Waals surface area (Å²) in [7, 11) is 0. The number of nitrogen functional groups attached to an aromatic ring is 1. The predicted molar refractivity (Wildman–Crippen MR) is 58.4 cm³/mol. The van der Waals surface area contributed by atoms with Crippen molar-refractivity contribution in [3.63, 3.8) is 0 Å². The first kappa shape index (κ1) is 7.75. The summed E-state index contributed by atoms with van der Waals surface area (Å²) in [5.41, 5.74) is 7.73. The minimum atomic E-state index is 0.556. The quantitative estimate of drug-likeness (QED) is 0.589. The number of rotatable bonds is 0. The van der Waals surface area contributed by atoms with Gasteiger partial charge in [-0.25, -0.2) is 4.98 Å². The molecular weight excluding hydrogens is 196 g/mol. The van der Waals surface area contributed by atoms with Crippen LogP contribution in [-0.2, 0) is 0 Å². The highest BCUT2D eigenvalue weighted by atomic mass is 32.1. The zero-order chi connectivity index (χ0) is 9.71. The molecule has 5 heteroatoms. The van der Waals surface area contributed by atoms with Crippen molar-refractivity contribution in [1.29, 1.82) is 0 Å². The number of aromatic amines is 1. The van der Waals surface area contributed by atoms with E-state index < -0.39 is 0 Å². The highest BCUT2D eigenvalue weighted by Crippen LogP contribution is 2.34. The van der Waals surface area contributed by atoms with Crippen molar-refractivity contribution in [2.24, 2.45) is 0 Å². The Morgan fingerprint density at radius 2 is 2.29 bits per heavy atom. The van der Waals surface area contributed by atoms with Crippen LogP contribution < -0.4 is 5.73 Å². The third-order valence-corrected chi connectivity index (χ3v) is 3.34. The van der Waals surface area contributed by atoms with E-state index in [1.165, 1.54) is 0 Å². The number of aromatic nitrogens is 3. The summed E-state index contributed by atoms with van der Waals surface area (Å²) in [6.07, 6.45) is 0. The Balaban J connectivity index is 2.56. The first-order valence-electron chi connectivity index (χ1n) is 4.25. The van der Waals surface area contributed by atoms with Gasteiger partial charge in [-0.15, -0.1) is 11.3 Å². The topological polar surface area (TPSA) is 67.6 Å². The van der Waals surface area contributed by atoms with E-state index in [-0.39, 0.29) is 0 Å². The third-order valence-electron chi connectivity index (χ3n) is 2.22. The van der Waals surface area contributed by atoms with Crippen LogP contribution in [0.15, 0.2) is 12.1 Å². The molecule has 0 atom stereocenters. The summed E-state index contributed by atoms with van der Waals surface area (Å²) in [6, 6.07) is 4.04. The van der Waals surface area contributed by atoms with Crippen molar-refractivity contribution in [2.45, 2.75) is 6.92 Å². The van der Waals surface area contributed by atoms with Gasteiger partial charge in [0.05, 0.1) is 10.2 Å². The van der Waals surface area contributed by atoms with Gasteiger partial charge in [0.25, 0.3) is 0 Å². The molecule has 0 spiro atoms. The van der Waals surface area contributed by atoms with Crippen LogP contribution in [-0.4, -0.2) is 15.2 Å². The van der Waals surface area contributed by atoms with Crippen molar-refractivity contribution in [3.8, 4) is 0 Å². The van der Waals surface area contributed by atoms with Gasteiger partial charge in [-0.1, -0.05) is 0 Å². The molecule has 0 unspecified atom stereocenters. The smallest absolute Gasteiger partial charge is 0.163 e. The van der Waals surface area contributed by atoms with Crippen LogP contribution in [0.5, 0.6) is 0 Å². The van der Waals surface area contributed by atoms with E-state index in [9.17, 15) is 0 Å². The lowest BCUT2D eigenvalue weighted by molar-refractivity contribution is 1.13. The molecule has 3 aromatic heterocycles. The molecule has 70 valence electrons. The lowest BCUT2D eigenvalue weighted by Crippen LogP contribution is -1.82. The largest absolute Gasteiger partial charge is 0.381 e. The number of hydrogen-bond acceptors (Lipinski definition) is 4. The van der Waals surface area contributed by atoms with Gasteiger partial charge in [0.15, 0.2) is 5.82 Å². The summed E-state index contributed by atoms with van der Waals surface area (Å²) in [5.74, 6) is 0.556. The molecule has 0 aromatic carbocycles. The molecule has 0 saturated heterocycles. The van der Waals surface area contributed by atoms with E-state index in [1.807, 2.05) is 19.1 Å². The van der Waals surface area contributed by atoms with Crippen molar-refractivity contribution in [3.05, 3.63) is 17.8 Å². The van der Waals surface area contributed by atoms with E-state index in [2.05, 4.69) is 15.2 Å². The van der Waals surface area contributed by atoms with Crippen molar-refractivity contribution in [2.75, 3.05) is 5.73 Å². The fourth-order valence-electron chi connectivity index (χ4n) is 1.53. The van der Waals surface area contributed by atoms with E-state index in [0.29, 0.717) is 5.82 Å². The summed E-state index contributed by atoms with van der Waals surface area (Å²) >= 11 is 1.58. The normalized spacial score (nSPS) is 11.5. The minimum absolute atomic E-state index is 0.556. The Morgan fingerprint density at radius 3 is 3.14 bits per heavy atom. The van der Waals surface area contributed by atoms with Crippen LogP contribution in [0.2, 0.25) is 0 Å². The van der Waals surface area contributed by atoms with Crippen LogP contribution in [0, 0.1) is 6.92 Å². The fourth-order valence-corrected chi connectivity index (χ4v) is 2.60. The first-order chi connectivity index (χ1) is 6.75. The number of H-pyrrole nitrogens is 1. The zero-order valence-corrected chi connectivity index (χ0v) is 8.35. The summed E-state index contributed by atoms with van der Waals surface area (Å²) in [6.45, 7) is 1.98. The predicted octanol–water partition coefficient (Wildman–Crippen LogP) is 2.06. The Labute approximate surface area is 83.8 Å². The van der Waals surface area contributed by atoms with Crippen LogP contribution in [0.4, 0.5) is 5.82 Å². The number of nitrogens with two attached hydrogens (primary N) is 1. The van der Waals surface area contributed by atoms with Crippen LogP contribution in [0.3, 0.4) is 0 Å². The Bertz CT molecular complexity index is 622. The summed E-state index contributed by atoms with van der Waals surface area (Å²) < 4.78 is 0.998. The first-order valence-corrected chi connectivity index (χ1v) is 5.07. The molecule has 3 aromatic rings. The van der Waals surface area contributed by atoms with Gasteiger partial charge < -0.3 is 5.73 Å². The average molecular weight is 204 g/mol. The third kappa shape index (κ3) is 0.871. The molecule has 0 aliphatic carbocycles. The van der Waals surface area contributed by atoms with Gasteiger partial charge in [0.1, 0.15) is 4.83 Å². The van der Waals surface area contributed by atoms with Crippen LogP contribution >= 0.6 is 11.3 Å². The zero-order valence-electron chi connectivity index (χ0n) is 7.53. The Hall–Kier alpha value is -1.62. The van der Waals surface area contributed by atoms with Crippen molar-refractivity contribution in [1.82, 2.24) is 15.2 Å². The molecule has 0 aliphatic heterocycles. The number of thiophene rings is 1. The van der Waals surface area contributed by atoms with E-state index in [0.717, 1.165) is 26.1 Å². The molecule has 0 radical (unpaired) electrons. The molecule has 0 saturated carbocycles. The number of hydrogen-bond donors (Lipinski definition) is 2. The minimum Gasteiger partial charge on any atom is -0.381 e. The Kier molecular flexibility index (Phi) is 1.36.